The molecule has 0 aliphatic heterocycles. The van der Waals surface area contributed by atoms with Crippen LogP contribution in [0.1, 0.15) is 57.8 Å². The van der Waals surface area contributed by atoms with E-state index in [4.69, 9.17) is 5.73 Å². The van der Waals surface area contributed by atoms with Crippen LogP contribution >= 0.6 is 0 Å². The van der Waals surface area contributed by atoms with Gasteiger partial charge in [0.2, 0.25) is 0 Å². The second-order valence-electron chi connectivity index (χ2n) is 4.03. The first-order valence-electron chi connectivity index (χ1n) is 5.94. The van der Waals surface area contributed by atoms with E-state index in [0.717, 1.165) is 38.3 Å². The van der Waals surface area contributed by atoms with Crippen LogP contribution in [0.5, 0.6) is 0 Å². The summed E-state index contributed by atoms with van der Waals surface area (Å²) in [6, 6.07) is 0.0533. The molecule has 0 heterocycles. The molecule has 0 aromatic rings. The van der Waals surface area contributed by atoms with Gasteiger partial charge in [-0.1, -0.05) is 32.1 Å². The van der Waals surface area contributed by atoms with Crippen molar-refractivity contribution in [3.8, 4) is 0 Å². The molecule has 0 rings (SSSR count). The fraction of sp³-hybridized carbons (Fsp3) is 0.833. The van der Waals surface area contributed by atoms with Crippen LogP contribution < -0.4 is 5.73 Å². The average molecular weight is 255 g/mol. The van der Waals surface area contributed by atoms with Gasteiger partial charge in [0, 0.05) is 18.9 Å². The van der Waals surface area contributed by atoms with Crippen LogP contribution in [-0.4, -0.2) is 56.4 Å². The predicted molar refractivity (Wildman–Crippen MR) is 70.2 cm³/mol. The molecule has 0 spiro atoms. The minimum absolute atomic E-state index is 0. The molecule has 4 heteroatoms. The molecule has 0 aromatic carbocycles. The van der Waals surface area contributed by atoms with Crippen LogP contribution in [0.15, 0.2) is 0 Å². The van der Waals surface area contributed by atoms with E-state index in [1.807, 2.05) is 0 Å². The molecule has 2 N–H and O–H groups in total. The normalized spacial score (nSPS) is 11.6. The summed E-state index contributed by atoms with van der Waals surface area (Å²) in [5.74, 6) is 0. The first kappa shape index (κ1) is 18.9. The molecule has 0 radical (unpaired) electrons. The van der Waals surface area contributed by atoms with Gasteiger partial charge in [-0.3, -0.25) is 0 Å². The Morgan fingerprint density at radius 2 is 1.44 bits per heavy atom. The van der Waals surface area contributed by atoms with Crippen LogP contribution in [0.3, 0.4) is 0 Å². The summed E-state index contributed by atoms with van der Waals surface area (Å²) in [5, 5.41) is 0. The van der Waals surface area contributed by atoms with Crippen LogP contribution in [0.2, 0.25) is 0 Å². The number of nitrogens with two attached hydrogens (primary N) is 1. The van der Waals surface area contributed by atoms with Gasteiger partial charge in [0.1, 0.15) is 12.6 Å². The number of rotatable bonds is 11. The van der Waals surface area contributed by atoms with E-state index in [1.54, 1.807) is 0 Å². The van der Waals surface area contributed by atoms with E-state index in [0.29, 0.717) is 12.8 Å². The molecule has 1 atom stereocenters. The number of unbranched alkanes of at least 4 members (excludes halogenated alkanes) is 6. The molecule has 0 aromatic heterocycles. The average Bonchev–Trinajstić information content (AvgIpc) is 2.22. The molecular formula is C12H25CaNO2. The van der Waals surface area contributed by atoms with E-state index >= 15 is 0 Å². The van der Waals surface area contributed by atoms with Gasteiger partial charge in [-0.25, -0.2) is 0 Å². The van der Waals surface area contributed by atoms with Gasteiger partial charge >= 0.3 is 37.7 Å². The minimum atomic E-state index is 0. The molecule has 0 fully saturated rings. The fourth-order valence-electron chi connectivity index (χ4n) is 1.58. The predicted octanol–water partition coefficient (Wildman–Crippen LogP) is 1.31. The topological polar surface area (TPSA) is 60.2 Å². The molecule has 16 heavy (non-hydrogen) atoms. The summed E-state index contributed by atoms with van der Waals surface area (Å²) in [7, 11) is 0. The molecule has 0 aliphatic rings. The maximum absolute atomic E-state index is 10.1. The Labute approximate surface area is 129 Å². The van der Waals surface area contributed by atoms with Crippen molar-refractivity contribution < 1.29 is 9.59 Å². The number of carbonyl (C=O) groups excluding carboxylic acids is 2. The maximum atomic E-state index is 10.1. The van der Waals surface area contributed by atoms with Gasteiger partial charge in [-0.05, 0) is 12.8 Å². The van der Waals surface area contributed by atoms with Gasteiger partial charge in [0.15, 0.2) is 0 Å². The molecule has 0 bridgehead atoms. The van der Waals surface area contributed by atoms with Crippen LogP contribution in [0.4, 0.5) is 0 Å². The number of hydrogen-bond donors (Lipinski definition) is 1. The molecule has 0 aliphatic carbocycles. The number of aldehydes is 2. The van der Waals surface area contributed by atoms with Crippen LogP contribution in [-0.2, 0) is 9.59 Å². The zero-order valence-corrected chi connectivity index (χ0v) is 9.49. The number of hydrogen-bond acceptors (Lipinski definition) is 3. The second kappa shape index (κ2) is 15.6. The van der Waals surface area contributed by atoms with Crippen molar-refractivity contribution in [3.63, 3.8) is 0 Å². The standard InChI is InChI=1S/C12H23NO2.Ca.2H/c13-12(9-11-15)8-6-4-2-1-3-5-7-10-14;;;/h10-12H,1-9,13H2;;;. The van der Waals surface area contributed by atoms with Crippen molar-refractivity contribution in [2.75, 3.05) is 0 Å². The summed E-state index contributed by atoms with van der Waals surface area (Å²) < 4.78 is 0. The van der Waals surface area contributed by atoms with E-state index in [9.17, 15) is 9.59 Å². The third-order valence-corrected chi connectivity index (χ3v) is 2.55. The monoisotopic (exact) mass is 255 g/mol. The Kier molecular flexibility index (Phi) is 18.4. The third kappa shape index (κ3) is 14.6. The summed E-state index contributed by atoms with van der Waals surface area (Å²) in [4.78, 5) is 20.2. The summed E-state index contributed by atoms with van der Waals surface area (Å²) in [6.45, 7) is 0. The van der Waals surface area contributed by atoms with E-state index in [2.05, 4.69) is 0 Å². The summed E-state index contributed by atoms with van der Waals surface area (Å²) in [5.41, 5.74) is 5.69. The third-order valence-electron chi connectivity index (χ3n) is 2.55. The fourth-order valence-corrected chi connectivity index (χ4v) is 1.58. The number of carbonyl (C=O) groups is 2. The van der Waals surface area contributed by atoms with Gasteiger partial charge in [-0.15, -0.1) is 0 Å². The van der Waals surface area contributed by atoms with Crippen LogP contribution in [0.25, 0.3) is 0 Å². The van der Waals surface area contributed by atoms with Gasteiger partial charge in [-0.2, -0.15) is 0 Å². The molecule has 0 saturated heterocycles. The first-order chi connectivity index (χ1) is 7.31. The molecule has 3 nitrogen and oxygen atoms in total. The molecule has 92 valence electrons. The van der Waals surface area contributed by atoms with Crippen molar-refractivity contribution in [3.05, 3.63) is 0 Å². The Hall–Kier alpha value is 0.560. The Morgan fingerprint density at radius 3 is 2.00 bits per heavy atom. The summed E-state index contributed by atoms with van der Waals surface area (Å²) in [6.07, 6.45) is 10.9. The van der Waals surface area contributed by atoms with Gasteiger partial charge in [0.05, 0.1) is 0 Å². The van der Waals surface area contributed by atoms with Gasteiger partial charge in [0.25, 0.3) is 0 Å². The van der Waals surface area contributed by atoms with E-state index < -0.39 is 0 Å². The summed E-state index contributed by atoms with van der Waals surface area (Å²) >= 11 is 0. The van der Waals surface area contributed by atoms with Crippen molar-refractivity contribution >= 4 is 50.3 Å². The Bertz CT molecular complexity index is 165. The quantitative estimate of drug-likeness (QED) is 0.344. The van der Waals surface area contributed by atoms with Crippen molar-refractivity contribution in [2.24, 2.45) is 5.73 Å². The van der Waals surface area contributed by atoms with E-state index in [-0.39, 0.29) is 43.8 Å². The molecule has 0 saturated carbocycles. The van der Waals surface area contributed by atoms with Crippen molar-refractivity contribution in [1.29, 1.82) is 0 Å². The van der Waals surface area contributed by atoms with E-state index in [1.165, 1.54) is 19.3 Å². The SMILES string of the molecule is NC(CC=O)CCCCCCCCC=O.[CaH2]. The zero-order chi connectivity index (χ0) is 11.4. The Balaban J connectivity index is 0. The second-order valence-corrected chi connectivity index (χ2v) is 4.03. The van der Waals surface area contributed by atoms with Crippen molar-refractivity contribution in [2.45, 2.75) is 63.8 Å². The molecule has 0 amide bonds. The Morgan fingerprint density at radius 1 is 0.875 bits per heavy atom. The van der Waals surface area contributed by atoms with Crippen molar-refractivity contribution in [1.82, 2.24) is 0 Å². The first-order valence-corrected chi connectivity index (χ1v) is 5.94. The van der Waals surface area contributed by atoms with Gasteiger partial charge < -0.3 is 15.3 Å². The molecule has 1 unspecified atom stereocenters. The molecular weight excluding hydrogens is 230 g/mol. The van der Waals surface area contributed by atoms with Crippen LogP contribution in [0, 0.1) is 0 Å². The zero-order valence-electron chi connectivity index (χ0n) is 9.49.